The molecule has 0 saturated heterocycles. The van der Waals surface area contributed by atoms with Crippen molar-refractivity contribution in [1.29, 1.82) is 0 Å². The van der Waals surface area contributed by atoms with E-state index in [0.29, 0.717) is 23.1 Å². The maximum absolute atomic E-state index is 12.0. The van der Waals surface area contributed by atoms with E-state index in [1.54, 1.807) is 36.4 Å². The van der Waals surface area contributed by atoms with Gasteiger partial charge >= 0.3 is 5.97 Å². The van der Waals surface area contributed by atoms with Crippen molar-refractivity contribution < 1.29 is 23.8 Å². The summed E-state index contributed by atoms with van der Waals surface area (Å²) < 4.78 is 16.0. The van der Waals surface area contributed by atoms with Crippen LogP contribution in [0.5, 0.6) is 11.5 Å². The molecule has 0 aliphatic carbocycles. The minimum Gasteiger partial charge on any atom is -0.485 e. The Morgan fingerprint density at radius 1 is 1.16 bits per heavy atom. The van der Waals surface area contributed by atoms with E-state index in [0.717, 1.165) is 5.56 Å². The molecule has 1 aliphatic rings. The highest BCUT2D eigenvalue weighted by atomic mass is 35.5. The quantitative estimate of drug-likeness (QED) is 0.827. The third-order valence-electron chi connectivity index (χ3n) is 3.50. The van der Waals surface area contributed by atoms with E-state index >= 15 is 0 Å². The number of para-hydroxylation sites is 2. The van der Waals surface area contributed by atoms with Crippen molar-refractivity contribution in [2.75, 3.05) is 13.2 Å². The molecule has 1 amide bonds. The lowest BCUT2D eigenvalue weighted by Gasteiger charge is -2.24. The third-order valence-corrected chi connectivity index (χ3v) is 3.73. The van der Waals surface area contributed by atoms with Crippen LogP contribution in [0, 0.1) is 0 Å². The number of fused-ring (bicyclic) bond motifs is 1. The Balaban J connectivity index is 1.44. The number of rotatable bonds is 5. The van der Waals surface area contributed by atoms with Gasteiger partial charge in [0, 0.05) is 11.6 Å². The fraction of sp³-hybridized carbons (Fsp3) is 0.222. The Labute approximate surface area is 149 Å². The van der Waals surface area contributed by atoms with Crippen molar-refractivity contribution in [3.05, 3.63) is 59.1 Å². The summed E-state index contributed by atoms with van der Waals surface area (Å²) in [4.78, 5) is 23.8. The minimum atomic E-state index is -0.893. The summed E-state index contributed by atoms with van der Waals surface area (Å²) >= 11 is 5.88. The summed E-state index contributed by atoms with van der Waals surface area (Å²) in [6.45, 7) is -0.0474. The van der Waals surface area contributed by atoms with Gasteiger partial charge in [0.25, 0.3) is 5.91 Å². The second-order valence-corrected chi connectivity index (χ2v) is 5.82. The molecule has 6 nitrogen and oxygen atoms in total. The first kappa shape index (κ1) is 17.1. The highest BCUT2D eigenvalue weighted by Gasteiger charge is 2.29. The summed E-state index contributed by atoms with van der Waals surface area (Å²) in [5.41, 5.74) is 0.854. The maximum Gasteiger partial charge on any atom is 0.351 e. The van der Waals surface area contributed by atoms with Gasteiger partial charge in [0.1, 0.15) is 6.61 Å². The van der Waals surface area contributed by atoms with Crippen molar-refractivity contribution in [2.24, 2.45) is 0 Å². The van der Waals surface area contributed by atoms with Gasteiger partial charge < -0.3 is 19.5 Å². The standard InChI is InChI=1S/C18H16ClNO5/c19-13-5-3-4-12(8-13)9-20-17(21)11-24-18(22)16-10-23-14-6-1-2-7-15(14)25-16/h1-8,16H,9-11H2,(H,20,21)/t16-/m1/s1. The highest BCUT2D eigenvalue weighted by molar-refractivity contribution is 6.30. The summed E-state index contributed by atoms with van der Waals surface area (Å²) in [6, 6.07) is 14.2. The second-order valence-electron chi connectivity index (χ2n) is 5.38. The van der Waals surface area contributed by atoms with Crippen LogP contribution in [0.15, 0.2) is 48.5 Å². The molecule has 0 radical (unpaired) electrons. The summed E-state index contributed by atoms with van der Waals surface area (Å²) in [6.07, 6.45) is -0.893. The Morgan fingerprint density at radius 2 is 1.96 bits per heavy atom. The molecule has 0 spiro atoms. The van der Waals surface area contributed by atoms with Gasteiger partial charge in [-0.15, -0.1) is 0 Å². The van der Waals surface area contributed by atoms with Crippen molar-refractivity contribution in [2.45, 2.75) is 12.6 Å². The molecule has 0 saturated carbocycles. The predicted octanol–water partition coefficient (Wildman–Crippen LogP) is 2.34. The molecule has 0 aromatic heterocycles. The van der Waals surface area contributed by atoms with Crippen LogP contribution in [0.1, 0.15) is 5.56 Å². The molecule has 3 rings (SSSR count). The zero-order valence-electron chi connectivity index (χ0n) is 13.2. The lowest BCUT2D eigenvalue weighted by atomic mass is 10.2. The molecular formula is C18H16ClNO5. The van der Waals surface area contributed by atoms with Gasteiger partial charge in [0.2, 0.25) is 6.10 Å². The van der Waals surface area contributed by atoms with E-state index in [-0.39, 0.29) is 13.2 Å². The molecule has 0 bridgehead atoms. The maximum atomic E-state index is 12.0. The first-order valence-corrected chi connectivity index (χ1v) is 8.06. The van der Waals surface area contributed by atoms with Gasteiger partial charge in [-0.05, 0) is 29.8 Å². The molecule has 1 aliphatic heterocycles. The van der Waals surface area contributed by atoms with Crippen molar-refractivity contribution in [3.8, 4) is 11.5 Å². The van der Waals surface area contributed by atoms with E-state index in [1.165, 1.54) is 0 Å². The summed E-state index contributed by atoms with van der Waals surface area (Å²) in [5, 5.41) is 3.24. The Bertz CT molecular complexity index is 780. The SMILES string of the molecule is O=C(COC(=O)[C@H]1COc2ccccc2O1)NCc1cccc(Cl)c1. The number of nitrogens with one attached hydrogen (secondary N) is 1. The lowest BCUT2D eigenvalue weighted by Crippen LogP contribution is -2.39. The third kappa shape index (κ3) is 4.64. The van der Waals surface area contributed by atoms with Crippen LogP contribution in [-0.2, 0) is 20.9 Å². The fourth-order valence-corrected chi connectivity index (χ4v) is 2.48. The van der Waals surface area contributed by atoms with Crippen molar-refractivity contribution in [1.82, 2.24) is 5.32 Å². The number of hydrogen-bond acceptors (Lipinski definition) is 5. The van der Waals surface area contributed by atoms with Gasteiger partial charge in [-0.2, -0.15) is 0 Å². The average molecular weight is 362 g/mol. The monoisotopic (exact) mass is 361 g/mol. The number of benzene rings is 2. The van der Waals surface area contributed by atoms with Crippen LogP contribution >= 0.6 is 11.6 Å². The number of ether oxygens (including phenoxy) is 3. The van der Waals surface area contributed by atoms with Crippen molar-refractivity contribution >= 4 is 23.5 Å². The van der Waals surface area contributed by atoms with Crippen LogP contribution in [0.4, 0.5) is 0 Å². The molecule has 0 unspecified atom stereocenters. The van der Waals surface area contributed by atoms with Gasteiger partial charge in [-0.3, -0.25) is 4.79 Å². The molecule has 1 heterocycles. The smallest absolute Gasteiger partial charge is 0.351 e. The van der Waals surface area contributed by atoms with E-state index in [1.807, 2.05) is 12.1 Å². The van der Waals surface area contributed by atoms with E-state index < -0.39 is 18.0 Å². The average Bonchev–Trinajstić information content (AvgIpc) is 2.64. The molecule has 7 heteroatoms. The zero-order valence-corrected chi connectivity index (χ0v) is 14.0. The van der Waals surface area contributed by atoms with Gasteiger partial charge in [0.05, 0.1) is 0 Å². The second kappa shape index (κ2) is 7.90. The molecule has 1 atom stereocenters. The predicted molar refractivity (Wildman–Crippen MR) is 90.6 cm³/mol. The normalized spacial score (nSPS) is 15.3. The molecule has 25 heavy (non-hydrogen) atoms. The Morgan fingerprint density at radius 3 is 2.76 bits per heavy atom. The summed E-state index contributed by atoms with van der Waals surface area (Å²) in [7, 11) is 0. The number of halogens is 1. The summed E-state index contributed by atoms with van der Waals surface area (Å²) in [5.74, 6) is -0.00946. The molecule has 130 valence electrons. The zero-order chi connectivity index (χ0) is 17.6. The molecular weight excluding hydrogens is 346 g/mol. The van der Waals surface area contributed by atoms with Gasteiger partial charge in [0.15, 0.2) is 18.1 Å². The van der Waals surface area contributed by atoms with Crippen LogP contribution in [0.2, 0.25) is 5.02 Å². The first-order chi connectivity index (χ1) is 12.1. The van der Waals surface area contributed by atoms with Gasteiger partial charge in [-0.25, -0.2) is 4.79 Å². The minimum absolute atomic E-state index is 0.0416. The number of carbonyl (C=O) groups is 2. The Kier molecular flexibility index (Phi) is 5.40. The number of carbonyl (C=O) groups excluding carboxylic acids is 2. The number of esters is 1. The molecule has 2 aromatic rings. The lowest BCUT2D eigenvalue weighted by molar-refractivity contribution is -0.157. The fourth-order valence-electron chi connectivity index (χ4n) is 2.26. The van der Waals surface area contributed by atoms with Gasteiger partial charge in [-0.1, -0.05) is 35.9 Å². The highest BCUT2D eigenvalue weighted by Crippen LogP contribution is 2.31. The van der Waals surface area contributed by atoms with E-state index in [2.05, 4.69) is 5.32 Å². The van der Waals surface area contributed by atoms with Crippen LogP contribution < -0.4 is 14.8 Å². The Hall–Kier alpha value is -2.73. The largest absolute Gasteiger partial charge is 0.485 e. The van der Waals surface area contributed by atoms with Crippen LogP contribution in [0.25, 0.3) is 0 Å². The van der Waals surface area contributed by atoms with Crippen LogP contribution in [-0.4, -0.2) is 31.2 Å². The number of amides is 1. The van der Waals surface area contributed by atoms with E-state index in [4.69, 9.17) is 25.8 Å². The van der Waals surface area contributed by atoms with Crippen LogP contribution in [0.3, 0.4) is 0 Å². The first-order valence-electron chi connectivity index (χ1n) is 7.68. The molecule has 0 fully saturated rings. The number of hydrogen-bond donors (Lipinski definition) is 1. The molecule has 2 aromatic carbocycles. The topological polar surface area (TPSA) is 73.9 Å². The molecule has 1 N–H and O–H groups in total. The van der Waals surface area contributed by atoms with E-state index in [9.17, 15) is 9.59 Å². The van der Waals surface area contributed by atoms with Crippen molar-refractivity contribution in [3.63, 3.8) is 0 Å².